The molecule has 0 heterocycles. The Hall–Kier alpha value is -0.870. The van der Waals surface area contributed by atoms with Gasteiger partial charge in [0.05, 0.1) is 0 Å². The largest absolute Gasteiger partial charge is 0.396 e. The van der Waals surface area contributed by atoms with Gasteiger partial charge in [-0.15, -0.1) is 0 Å². The maximum Gasteiger partial charge on any atom is 0.150 e. The molecule has 2 nitrogen and oxygen atoms in total. The van der Waals surface area contributed by atoms with Crippen LogP contribution in [0, 0.1) is 11.6 Å². The first-order chi connectivity index (χ1) is 7.65. The zero-order valence-electron chi connectivity index (χ0n) is 8.77. The SMILES string of the molecule is OCCCCCNc1c(F)cc(Cl)cc1F. The third kappa shape index (κ3) is 3.94. The second kappa shape index (κ2) is 6.66. The number of aliphatic hydroxyl groups is 1. The third-order valence-electron chi connectivity index (χ3n) is 2.14. The van der Waals surface area contributed by atoms with Crippen LogP contribution in [0.1, 0.15) is 19.3 Å². The van der Waals surface area contributed by atoms with E-state index < -0.39 is 11.6 Å². The van der Waals surface area contributed by atoms with Crippen molar-refractivity contribution in [3.63, 3.8) is 0 Å². The standard InChI is InChI=1S/C11H14ClF2NO/c12-8-6-9(13)11(10(14)7-8)15-4-2-1-3-5-16/h6-7,15-16H,1-5H2. The van der Waals surface area contributed by atoms with Gasteiger partial charge in [-0.1, -0.05) is 11.6 Å². The van der Waals surface area contributed by atoms with Crippen LogP contribution in [0.3, 0.4) is 0 Å². The number of aliphatic hydroxyl groups excluding tert-OH is 1. The van der Waals surface area contributed by atoms with Gasteiger partial charge in [0.15, 0.2) is 11.6 Å². The number of anilines is 1. The van der Waals surface area contributed by atoms with Crippen LogP contribution < -0.4 is 5.32 Å². The molecule has 1 aromatic carbocycles. The molecule has 0 aliphatic heterocycles. The summed E-state index contributed by atoms with van der Waals surface area (Å²) >= 11 is 5.49. The lowest BCUT2D eigenvalue weighted by Crippen LogP contribution is -2.05. The lowest BCUT2D eigenvalue weighted by molar-refractivity contribution is 0.283. The zero-order valence-corrected chi connectivity index (χ0v) is 9.53. The lowest BCUT2D eigenvalue weighted by Gasteiger charge is -2.08. The summed E-state index contributed by atoms with van der Waals surface area (Å²) in [7, 11) is 0. The molecule has 0 fully saturated rings. The minimum absolute atomic E-state index is 0.0424. The summed E-state index contributed by atoms with van der Waals surface area (Å²) in [6, 6.07) is 2.14. The average Bonchev–Trinajstić information content (AvgIpc) is 2.20. The van der Waals surface area contributed by atoms with Crippen LogP contribution in [0.4, 0.5) is 14.5 Å². The fourth-order valence-electron chi connectivity index (χ4n) is 1.34. The minimum Gasteiger partial charge on any atom is -0.396 e. The van der Waals surface area contributed by atoms with E-state index in [0.717, 1.165) is 25.0 Å². The molecule has 2 N–H and O–H groups in total. The summed E-state index contributed by atoms with van der Waals surface area (Å²) in [6.45, 7) is 0.610. The molecule has 90 valence electrons. The van der Waals surface area contributed by atoms with Gasteiger partial charge < -0.3 is 10.4 Å². The van der Waals surface area contributed by atoms with Gasteiger partial charge in [-0.25, -0.2) is 8.78 Å². The van der Waals surface area contributed by atoms with E-state index in [9.17, 15) is 8.78 Å². The first-order valence-corrected chi connectivity index (χ1v) is 5.52. The van der Waals surface area contributed by atoms with E-state index >= 15 is 0 Å². The average molecular weight is 250 g/mol. The smallest absolute Gasteiger partial charge is 0.150 e. The highest BCUT2D eigenvalue weighted by Crippen LogP contribution is 2.23. The summed E-state index contributed by atoms with van der Waals surface area (Å²) in [5, 5.41) is 11.3. The number of unbranched alkanes of at least 4 members (excludes halogenated alkanes) is 2. The first-order valence-electron chi connectivity index (χ1n) is 5.14. The Labute approximate surface area is 98.2 Å². The molecular formula is C11H14ClF2NO. The second-order valence-corrected chi connectivity index (χ2v) is 3.89. The molecule has 0 radical (unpaired) electrons. The Balaban J connectivity index is 2.47. The van der Waals surface area contributed by atoms with Crippen molar-refractivity contribution in [3.05, 3.63) is 28.8 Å². The van der Waals surface area contributed by atoms with E-state index in [2.05, 4.69) is 5.32 Å². The van der Waals surface area contributed by atoms with Crippen molar-refractivity contribution in [2.75, 3.05) is 18.5 Å². The first kappa shape index (κ1) is 13.2. The molecule has 0 atom stereocenters. The van der Waals surface area contributed by atoms with Gasteiger partial charge in [0.1, 0.15) is 5.69 Å². The van der Waals surface area contributed by atoms with Crippen LogP contribution in [0.5, 0.6) is 0 Å². The summed E-state index contributed by atoms with van der Waals surface area (Å²) in [5.41, 5.74) is -0.145. The normalized spacial score (nSPS) is 10.5. The molecule has 0 aliphatic carbocycles. The fourth-order valence-corrected chi connectivity index (χ4v) is 1.53. The highest BCUT2D eigenvalue weighted by Gasteiger charge is 2.09. The van der Waals surface area contributed by atoms with Crippen LogP contribution in [-0.2, 0) is 0 Å². The number of halogens is 3. The molecule has 0 aromatic heterocycles. The van der Waals surface area contributed by atoms with Crippen LogP contribution in [0.2, 0.25) is 5.02 Å². The summed E-state index contributed by atoms with van der Waals surface area (Å²) < 4.78 is 26.5. The third-order valence-corrected chi connectivity index (χ3v) is 2.36. The molecule has 16 heavy (non-hydrogen) atoms. The maximum atomic E-state index is 13.3. The van der Waals surface area contributed by atoms with Crippen LogP contribution in [0.15, 0.2) is 12.1 Å². The van der Waals surface area contributed by atoms with Gasteiger partial charge in [-0.05, 0) is 31.4 Å². The molecular weight excluding hydrogens is 236 g/mol. The number of hydrogen-bond acceptors (Lipinski definition) is 2. The van der Waals surface area contributed by atoms with E-state index in [1.54, 1.807) is 0 Å². The van der Waals surface area contributed by atoms with Gasteiger partial charge >= 0.3 is 0 Å². The van der Waals surface area contributed by atoms with Crippen LogP contribution >= 0.6 is 11.6 Å². The van der Waals surface area contributed by atoms with Crippen molar-refractivity contribution in [2.24, 2.45) is 0 Å². The van der Waals surface area contributed by atoms with E-state index in [0.29, 0.717) is 13.0 Å². The van der Waals surface area contributed by atoms with Crippen molar-refractivity contribution in [1.29, 1.82) is 0 Å². The van der Waals surface area contributed by atoms with E-state index in [-0.39, 0.29) is 17.3 Å². The molecule has 0 aliphatic rings. The number of benzene rings is 1. The fraction of sp³-hybridized carbons (Fsp3) is 0.455. The molecule has 0 unspecified atom stereocenters. The van der Waals surface area contributed by atoms with E-state index in [1.807, 2.05) is 0 Å². The van der Waals surface area contributed by atoms with Gasteiger partial charge in [-0.2, -0.15) is 0 Å². The molecule has 0 saturated carbocycles. The highest BCUT2D eigenvalue weighted by molar-refractivity contribution is 6.30. The van der Waals surface area contributed by atoms with Gasteiger partial charge in [0.25, 0.3) is 0 Å². The van der Waals surface area contributed by atoms with E-state index in [4.69, 9.17) is 16.7 Å². The topological polar surface area (TPSA) is 32.3 Å². The molecule has 1 aromatic rings. The lowest BCUT2D eigenvalue weighted by atomic mass is 10.2. The van der Waals surface area contributed by atoms with Crippen LogP contribution in [0.25, 0.3) is 0 Å². The quantitative estimate of drug-likeness (QED) is 0.759. The van der Waals surface area contributed by atoms with Gasteiger partial charge in [-0.3, -0.25) is 0 Å². The molecule has 5 heteroatoms. The van der Waals surface area contributed by atoms with Gasteiger partial charge in [0, 0.05) is 18.2 Å². The van der Waals surface area contributed by atoms with Crippen molar-refractivity contribution < 1.29 is 13.9 Å². The Bertz CT molecular complexity index is 324. The van der Waals surface area contributed by atoms with Crippen LogP contribution in [-0.4, -0.2) is 18.3 Å². The van der Waals surface area contributed by atoms with E-state index in [1.165, 1.54) is 0 Å². The van der Waals surface area contributed by atoms with Gasteiger partial charge in [0.2, 0.25) is 0 Å². The van der Waals surface area contributed by atoms with Crippen molar-refractivity contribution in [3.8, 4) is 0 Å². The molecule has 0 bridgehead atoms. The number of rotatable bonds is 6. The molecule has 1 rings (SSSR count). The monoisotopic (exact) mass is 249 g/mol. The Kier molecular flexibility index (Phi) is 5.49. The zero-order chi connectivity index (χ0) is 12.0. The Morgan fingerprint density at radius 1 is 1.12 bits per heavy atom. The predicted octanol–water partition coefficient (Wildman–Crippen LogP) is 3.19. The highest BCUT2D eigenvalue weighted by atomic mass is 35.5. The van der Waals surface area contributed by atoms with Crippen molar-refractivity contribution in [2.45, 2.75) is 19.3 Å². The minimum atomic E-state index is -0.688. The molecule has 0 saturated heterocycles. The predicted molar refractivity (Wildman–Crippen MR) is 60.8 cm³/mol. The number of nitrogens with one attached hydrogen (secondary N) is 1. The second-order valence-electron chi connectivity index (χ2n) is 3.46. The summed E-state index contributed by atoms with van der Waals surface area (Å²) in [4.78, 5) is 0. The summed E-state index contributed by atoms with van der Waals surface area (Å²) in [6.07, 6.45) is 2.27. The molecule has 0 amide bonds. The Morgan fingerprint density at radius 2 is 1.75 bits per heavy atom. The molecule has 0 spiro atoms. The maximum absolute atomic E-state index is 13.3. The van der Waals surface area contributed by atoms with Crippen molar-refractivity contribution in [1.82, 2.24) is 0 Å². The number of hydrogen-bond donors (Lipinski definition) is 2. The summed E-state index contributed by atoms with van der Waals surface area (Å²) in [5.74, 6) is -1.38. The van der Waals surface area contributed by atoms with Crippen molar-refractivity contribution >= 4 is 17.3 Å². The Morgan fingerprint density at radius 3 is 2.31 bits per heavy atom.